The number of hydrogen-bond donors (Lipinski definition) is 0. The lowest BCUT2D eigenvalue weighted by atomic mass is 10.1. The number of rotatable bonds is 5. The molecule has 2 heterocycles. The summed E-state index contributed by atoms with van der Waals surface area (Å²) in [5, 5.41) is 2.24. The van der Waals surface area contributed by atoms with Gasteiger partial charge in [0, 0.05) is 17.9 Å². The highest BCUT2D eigenvalue weighted by Crippen LogP contribution is 2.21. The second-order valence-electron chi connectivity index (χ2n) is 7.45. The van der Waals surface area contributed by atoms with Crippen molar-refractivity contribution in [3.8, 4) is 11.8 Å². The number of carbonyl (C=O) groups excluding carboxylic acids is 1. The Labute approximate surface area is 170 Å². The number of fused-ring (bicyclic) bond motifs is 1. The van der Waals surface area contributed by atoms with Crippen LogP contribution in [0.1, 0.15) is 24.2 Å². The molecule has 1 atom stereocenters. The number of hydrogen-bond acceptors (Lipinski definition) is 5. The van der Waals surface area contributed by atoms with Crippen LogP contribution in [0.4, 0.5) is 0 Å². The zero-order chi connectivity index (χ0) is 20.2. The topological polar surface area (TPSA) is 64.5 Å². The molecule has 29 heavy (non-hydrogen) atoms. The fourth-order valence-corrected chi connectivity index (χ4v) is 3.65. The van der Waals surface area contributed by atoms with E-state index in [1.807, 2.05) is 56.3 Å². The molecule has 1 unspecified atom stereocenters. The van der Waals surface area contributed by atoms with Gasteiger partial charge in [-0.2, -0.15) is 0 Å². The smallest absolute Gasteiger partial charge is 0.317 e. The van der Waals surface area contributed by atoms with Crippen LogP contribution < -0.4 is 9.47 Å². The monoisotopic (exact) mass is 391 g/mol. The van der Waals surface area contributed by atoms with Crippen molar-refractivity contribution in [2.24, 2.45) is 0 Å². The van der Waals surface area contributed by atoms with E-state index in [-0.39, 0.29) is 18.6 Å². The lowest BCUT2D eigenvalue weighted by molar-refractivity contribution is -0.136. The molecule has 1 amide bonds. The third-order valence-electron chi connectivity index (χ3n) is 5.05. The van der Waals surface area contributed by atoms with Crippen LogP contribution in [0.25, 0.3) is 10.8 Å². The molecule has 1 aliphatic heterocycles. The summed E-state index contributed by atoms with van der Waals surface area (Å²) in [7, 11) is 0. The van der Waals surface area contributed by atoms with Crippen molar-refractivity contribution in [3.63, 3.8) is 0 Å². The molecular weight excluding hydrogens is 366 g/mol. The number of nitrogens with zero attached hydrogens (tertiary/aromatic N) is 3. The molecule has 1 fully saturated rings. The largest absolute Gasteiger partial charge is 0.484 e. The van der Waals surface area contributed by atoms with Gasteiger partial charge in [-0.25, -0.2) is 9.97 Å². The Morgan fingerprint density at radius 1 is 1.07 bits per heavy atom. The zero-order valence-electron chi connectivity index (χ0n) is 16.8. The van der Waals surface area contributed by atoms with Crippen molar-refractivity contribution in [2.45, 2.75) is 32.8 Å². The van der Waals surface area contributed by atoms with Crippen molar-refractivity contribution in [3.05, 3.63) is 59.9 Å². The maximum absolute atomic E-state index is 12.7. The molecule has 0 radical (unpaired) electrons. The molecule has 6 heteroatoms. The van der Waals surface area contributed by atoms with Gasteiger partial charge in [-0.15, -0.1) is 0 Å². The standard InChI is InChI=1S/C23H25N3O3/c1-16-12-17(2)25-23(24-16)29-21-8-5-11-26(14-21)22(27)15-28-20-10-9-18-6-3-4-7-19(18)13-20/h3-4,6-7,9-10,12-13,21H,5,8,11,14-15H2,1-2H3. The maximum atomic E-state index is 12.7. The van der Waals surface area contributed by atoms with Crippen molar-refractivity contribution in [1.29, 1.82) is 0 Å². The van der Waals surface area contributed by atoms with Crippen molar-refractivity contribution >= 4 is 16.7 Å². The van der Waals surface area contributed by atoms with Gasteiger partial charge < -0.3 is 14.4 Å². The van der Waals surface area contributed by atoms with Crippen LogP contribution in [-0.4, -0.2) is 46.6 Å². The Morgan fingerprint density at radius 2 is 1.83 bits per heavy atom. The first-order valence-corrected chi connectivity index (χ1v) is 9.95. The van der Waals surface area contributed by atoms with Crippen LogP contribution in [0.5, 0.6) is 11.8 Å². The van der Waals surface area contributed by atoms with Gasteiger partial charge in [0.15, 0.2) is 6.61 Å². The van der Waals surface area contributed by atoms with Crippen LogP contribution in [0.15, 0.2) is 48.5 Å². The second kappa shape index (κ2) is 8.47. The second-order valence-corrected chi connectivity index (χ2v) is 7.45. The fraction of sp³-hybridized carbons (Fsp3) is 0.348. The van der Waals surface area contributed by atoms with Gasteiger partial charge >= 0.3 is 6.01 Å². The molecule has 0 aliphatic carbocycles. The minimum Gasteiger partial charge on any atom is -0.484 e. The van der Waals surface area contributed by atoms with Gasteiger partial charge in [0.05, 0.1) is 6.54 Å². The van der Waals surface area contributed by atoms with Crippen LogP contribution in [0.2, 0.25) is 0 Å². The van der Waals surface area contributed by atoms with Gasteiger partial charge in [0.2, 0.25) is 0 Å². The molecule has 0 spiro atoms. The Balaban J connectivity index is 1.34. The van der Waals surface area contributed by atoms with Crippen molar-refractivity contribution in [2.75, 3.05) is 19.7 Å². The average molecular weight is 391 g/mol. The molecule has 4 rings (SSSR count). The van der Waals surface area contributed by atoms with E-state index in [1.54, 1.807) is 4.90 Å². The maximum Gasteiger partial charge on any atom is 0.317 e. The summed E-state index contributed by atoms with van der Waals surface area (Å²) < 4.78 is 11.7. The Hall–Kier alpha value is -3.15. The summed E-state index contributed by atoms with van der Waals surface area (Å²) in [5.74, 6) is 0.665. The quantitative estimate of drug-likeness (QED) is 0.664. The van der Waals surface area contributed by atoms with E-state index in [0.29, 0.717) is 24.8 Å². The van der Waals surface area contributed by atoms with E-state index in [4.69, 9.17) is 9.47 Å². The number of aromatic nitrogens is 2. The van der Waals surface area contributed by atoms with E-state index >= 15 is 0 Å². The number of piperidine rings is 1. The molecule has 6 nitrogen and oxygen atoms in total. The first-order valence-electron chi connectivity index (χ1n) is 9.95. The summed E-state index contributed by atoms with van der Waals surface area (Å²) in [6.45, 7) is 5.10. The van der Waals surface area contributed by atoms with Crippen molar-refractivity contribution in [1.82, 2.24) is 14.9 Å². The highest BCUT2D eigenvalue weighted by Gasteiger charge is 2.26. The third-order valence-corrected chi connectivity index (χ3v) is 5.05. The van der Waals surface area contributed by atoms with Gasteiger partial charge in [-0.1, -0.05) is 30.3 Å². The van der Waals surface area contributed by atoms with Gasteiger partial charge in [-0.3, -0.25) is 4.79 Å². The van der Waals surface area contributed by atoms with Crippen LogP contribution in [-0.2, 0) is 4.79 Å². The molecule has 1 aliphatic rings. The van der Waals surface area contributed by atoms with Crippen LogP contribution in [0, 0.1) is 13.8 Å². The third kappa shape index (κ3) is 4.83. The predicted molar refractivity (Wildman–Crippen MR) is 111 cm³/mol. The molecule has 0 bridgehead atoms. The Morgan fingerprint density at radius 3 is 2.62 bits per heavy atom. The molecule has 3 aromatic rings. The van der Waals surface area contributed by atoms with E-state index in [1.165, 1.54) is 0 Å². The number of amides is 1. The lowest BCUT2D eigenvalue weighted by Crippen LogP contribution is -2.46. The SMILES string of the molecule is Cc1cc(C)nc(OC2CCCN(C(=O)COc3ccc4ccccc4c3)C2)n1. The number of ether oxygens (including phenoxy) is 2. The summed E-state index contributed by atoms with van der Waals surface area (Å²) in [4.78, 5) is 23.1. The molecule has 0 saturated carbocycles. The summed E-state index contributed by atoms with van der Waals surface area (Å²) in [5.41, 5.74) is 1.75. The zero-order valence-corrected chi connectivity index (χ0v) is 16.8. The van der Waals surface area contributed by atoms with Crippen LogP contribution >= 0.6 is 0 Å². The normalized spacial score (nSPS) is 16.6. The fourth-order valence-electron chi connectivity index (χ4n) is 3.65. The minimum absolute atomic E-state index is 0.0190. The molecule has 1 aromatic heterocycles. The first kappa shape index (κ1) is 19.2. The summed E-state index contributed by atoms with van der Waals surface area (Å²) in [6, 6.07) is 16.2. The molecule has 0 N–H and O–H groups in total. The van der Waals surface area contributed by atoms with Crippen molar-refractivity contribution < 1.29 is 14.3 Å². The number of benzene rings is 2. The Bertz CT molecular complexity index is 1000. The molecular formula is C23H25N3O3. The predicted octanol–water partition coefficient (Wildman–Crippen LogP) is 3.70. The molecule has 150 valence electrons. The van der Waals surface area contributed by atoms with Gasteiger partial charge in [-0.05, 0) is 55.7 Å². The summed E-state index contributed by atoms with van der Waals surface area (Å²) in [6.07, 6.45) is 1.66. The molecule has 1 saturated heterocycles. The number of aryl methyl sites for hydroxylation is 2. The number of likely N-dealkylation sites (tertiary alicyclic amines) is 1. The minimum atomic E-state index is -0.102. The Kier molecular flexibility index (Phi) is 5.60. The van der Waals surface area contributed by atoms with E-state index in [2.05, 4.69) is 16.0 Å². The highest BCUT2D eigenvalue weighted by atomic mass is 16.5. The lowest BCUT2D eigenvalue weighted by Gasteiger charge is -2.32. The highest BCUT2D eigenvalue weighted by molar-refractivity contribution is 5.84. The van der Waals surface area contributed by atoms with E-state index in [9.17, 15) is 4.79 Å². The summed E-state index contributed by atoms with van der Waals surface area (Å²) >= 11 is 0. The molecule has 2 aromatic carbocycles. The van der Waals surface area contributed by atoms with Gasteiger partial charge in [0.25, 0.3) is 5.91 Å². The van der Waals surface area contributed by atoms with Crippen LogP contribution in [0.3, 0.4) is 0 Å². The first-order chi connectivity index (χ1) is 14.1. The average Bonchev–Trinajstić information content (AvgIpc) is 2.71. The number of carbonyl (C=O) groups is 1. The van der Waals surface area contributed by atoms with Gasteiger partial charge in [0.1, 0.15) is 11.9 Å². The van der Waals surface area contributed by atoms with E-state index in [0.717, 1.165) is 35.0 Å². The van der Waals surface area contributed by atoms with E-state index < -0.39 is 0 Å².